The van der Waals surface area contributed by atoms with Crippen molar-refractivity contribution in [1.29, 1.82) is 0 Å². The van der Waals surface area contributed by atoms with E-state index in [-0.39, 0.29) is 12.5 Å². The number of hydrogen-bond acceptors (Lipinski definition) is 5. The van der Waals surface area contributed by atoms with E-state index in [0.717, 1.165) is 4.90 Å². The first kappa shape index (κ1) is 14.2. The summed E-state index contributed by atoms with van der Waals surface area (Å²) in [6, 6.07) is 5.87. The number of aliphatic hydroxyl groups is 2. The third-order valence-corrected chi connectivity index (χ3v) is 4.31. The second kappa shape index (κ2) is 5.22. The van der Waals surface area contributed by atoms with Crippen molar-refractivity contribution in [2.45, 2.75) is 24.7 Å². The Hall–Kier alpha value is -1.76. The number of ether oxygens (including phenoxy) is 1. The zero-order valence-corrected chi connectivity index (χ0v) is 11.6. The SMILES string of the molecule is COC[C@H]1C[C@@H](N2C(=O)c3ccccc3C2=O)[C@H](O)[C@@H]1O. The molecule has 2 aliphatic rings. The molecule has 0 spiro atoms. The Morgan fingerprint density at radius 3 is 2.24 bits per heavy atom. The van der Waals surface area contributed by atoms with Gasteiger partial charge in [-0.2, -0.15) is 0 Å². The van der Waals surface area contributed by atoms with Gasteiger partial charge in [-0.05, 0) is 18.6 Å². The molecule has 3 rings (SSSR count). The van der Waals surface area contributed by atoms with Crippen LogP contribution in [0.2, 0.25) is 0 Å². The summed E-state index contributed by atoms with van der Waals surface area (Å²) in [7, 11) is 1.51. The van der Waals surface area contributed by atoms with Gasteiger partial charge in [-0.1, -0.05) is 12.1 Å². The Morgan fingerprint density at radius 2 is 1.71 bits per heavy atom. The molecule has 1 aliphatic carbocycles. The maximum Gasteiger partial charge on any atom is 0.261 e. The molecular formula is C15H17NO5. The van der Waals surface area contributed by atoms with Gasteiger partial charge in [0.2, 0.25) is 0 Å². The zero-order chi connectivity index (χ0) is 15.1. The molecule has 1 heterocycles. The molecule has 1 fully saturated rings. The second-order valence-corrected chi connectivity index (χ2v) is 5.53. The fourth-order valence-electron chi connectivity index (χ4n) is 3.24. The quantitative estimate of drug-likeness (QED) is 0.768. The number of imide groups is 1. The molecule has 1 saturated carbocycles. The minimum absolute atomic E-state index is 0.276. The lowest BCUT2D eigenvalue weighted by Gasteiger charge is -2.25. The maximum absolute atomic E-state index is 12.4. The predicted octanol–water partition coefficient (Wildman–Crippen LogP) is 0.0393. The van der Waals surface area contributed by atoms with Crippen LogP contribution in [0.1, 0.15) is 27.1 Å². The van der Waals surface area contributed by atoms with E-state index in [0.29, 0.717) is 17.5 Å². The van der Waals surface area contributed by atoms with Crippen LogP contribution in [0.3, 0.4) is 0 Å². The van der Waals surface area contributed by atoms with Crippen molar-refractivity contribution in [3.8, 4) is 0 Å². The molecular weight excluding hydrogens is 274 g/mol. The number of nitrogens with zero attached hydrogens (tertiary/aromatic N) is 1. The van der Waals surface area contributed by atoms with Crippen LogP contribution < -0.4 is 0 Å². The van der Waals surface area contributed by atoms with E-state index in [1.807, 2.05) is 0 Å². The van der Waals surface area contributed by atoms with Crippen molar-refractivity contribution in [2.75, 3.05) is 13.7 Å². The van der Waals surface area contributed by atoms with Gasteiger partial charge in [-0.3, -0.25) is 14.5 Å². The molecule has 1 aliphatic heterocycles. The van der Waals surface area contributed by atoms with Crippen LogP contribution in [-0.2, 0) is 4.74 Å². The second-order valence-electron chi connectivity index (χ2n) is 5.53. The summed E-state index contributed by atoms with van der Waals surface area (Å²) in [4.78, 5) is 25.9. The van der Waals surface area contributed by atoms with Gasteiger partial charge in [0, 0.05) is 13.0 Å². The van der Waals surface area contributed by atoms with Crippen molar-refractivity contribution in [3.05, 3.63) is 35.4 Å². The molecule has 112 valence electrons. The van der Waals surface area contributed by atoms with E-state index in [2.05, 4.69) is 0 Å². The molecule has 0 aromatic heterocycles. The smallest absolute Gasteiger partial charge is 0.261 e. The van der Waals surface area contributed by atoms with Crippen LogP contribution in [0.25, 0.3) is 0 Å². The fraction of sp³-hybridized carbons (Fsp3) is 0.467. The van der Waals surface area contributed by atoms with Crippen molar-refractivity contribution >= 4 is 11.8 Å². The Balaban J connectivity index is 1.89. The van der Waals surface area contributed by atoms with E-state index < -0.39 is 30.1 Å². The van der Waals surface area contributed by atoms with Crippen LogP contribution in [-0.4, -0.2) is 58.9 Å². The van der Waals surface area contributed by atoms with Gasteiger partial charge < -0.3 is 14.9 Å². The highest BCUT2D eigenvalue weighted by Crippen LogP contribution is 2.35. The Morgan fingerprint density at radius 1 is 1.14 bits per heavy atom. The third kappa shape index (κ3) is 2.07. The molecule has 21 heavy (non-hydrogen) atoms. The third-order valence-electron chi connectivity index (χ3n) is 4.31. The summed E-state index contributed by atoms with van der Waals surface area (Å²) < 4.78 is 5.01. The number of carbonyl (C=O) groups is 2. The molecule has 0 saturated heterocycles. The van der Waals surface area contributed by atoms with Gasteiger partial charge in [-0.15, -0.1) is 0 Å². The average molecular weight is 291 g/mol. The normalized spacial score (nSPS) is 31.9. The molecule has 0 unspecified atom stereocenters. The van der Waals surface area contributed by atoms with Crippen LogP contribution in [0.5, 0.6) is 0 Å². The van der Waals surface area contributed by atoms with E-state index in [9.17, 15) is 19.8 Å². The van der Waals surface area contributed by atoms with Crippen molar-refractivity contribution < 1.29 is 24.5 Å². The Kier molecular flexibility index (Phi) is 3.52. The van der Waals surface area contributed by atoms with Gasteiger partial charge in [0.1, 0.15) is 6.10 Å². The average Bonchev–Trinajstić information content (AvgIpc) is 2.90. The van der Waals surface area contributed by atoms with Gasteiger partial charge in [0.15, 0.2) is 0 Å². The number of hydrogen-bond donors (Lipinski definition) is 2. The first-order valence-electron chi connectivity index (χ1n) is 6.88. The molecule has 1 aromatic carbocycles. The summed E-state index contributed by atoms with van der Waals surface area (Å²) in [5, 5.41) is 20.2. The van der Waals surface area contributed by atoms with Gasteiger partial charge >= 0.3 is 0 Å². The van der Waals surface area contributed by atoms with E-state index in [1.165, 1.54) is 7.11 Å². The van der Waals surface area contributed by atoms with Gasteiger partial charge in [-0.25, -0.2) is 0 Å². The first-order chi connectivity index (χ1) is 10.1. The lowest BCUT2D eigenvalue weighted by Crippen LogP contribution is -2.46. The Labute approximate surface area is 121 Å². The lowest BCUT2D eigenvalue weighted by atomic mass is 10.1. The summed E-state index contributed by atoms with van der Waals surface area (Å²) in [5.41, 5.74) is 0.693. The van der Waals surface area contributed by atoms with Crippen molar-refractivity contribution in [3.63, 3.8) is 0 Å². The minimum Gasteiger partial charge on any atom is -0.390 e. The molecule has 0 radical (unpaired) electrons. The van der Waals surface area contributed by atoms with Crippen LogP contribution in [0.15, 0.2) is 24.3 Å². The highest BCUT2D eigenvalue weighted by atomic mass is 16.5. The molecule has 6 nitrogen and oxygen atoms in total. The van der Waals surface area contributed by atoms with Crippen LogP contribution in [0, 0.1) is 5.92 Å². The highest BCUT2D eigenvalue weighted by molar-refractivity contribution is 6.21. The minimum atomic E-state index is -1.15. The standard InChI is InChI=1S/C15H17NO5/c1-21-7-8-6-11(13(18)12(8)17)16-14(19)9-4-2-3-5-10(9)15(16)20/h2-5,8,11-13,17-18H,6-7H2,1H3/t8-,11-,12-,13+/m1/s1. The monoisotopic (exact) mass is 291 g/mol. The number of methoxy groups -OCH3 is 1. The van der Waals surface area contributed by atoms with Gasteiger partial charge in [0.25, 0.3) is 11.8 Å². The topological polar surface area (TPSA) is 87.1 Å². The Bertz CT molecular complexity index is 552. The number of fused-ring (bicyclic) bond motifs is 1. The highest BCUT2D eigenvalue weighted by Gasteiger charge is 2.50. The van der Waals surface area contributed by atoms with Crippen LogP contribution in [0.4, 0.5) is 0 Å². The number of rotatable bonds is 3. The number of amides is 2. The van der Waals surface area contributed by atoms with Gasteiger partial charge in [0.05, 0.1) is 29.9 Å². The molecule has 6 heteroatoms. The first-order valence-corrected chi connectivity index (χ1v) is 6.88. The van der Waals surface area contributed by atoms with Crippen molar-refractivity contribution in [1.82, 2.24) is 4.90 Å². The molecule has 2 amide bonds. The molecule has 4 atom stereocenters. The van der Waals surface area contributed by atoms with E-state index in [1.54, 1.807) is 24.3 Å². The number of aliphatic hydroxyl groups excluding tert-OH is 2. The fourth-order valence-corrected chi connectivity index (χ4v) is 3.24. The summed E-state index contributed by atoms with van der Waals surface area (Å²) in [6.07, 6.45) is -1.81. The summed E-state index contributed by atoms with van der Waals surface area (Å²) >= 11 is 0. The van der Waals surface area contributed by atoms with E-state index in [4.69, 9.17) is 4.74 Å². The van der Waals surface area contributed by atoms with Crippen molar-refractivity contribution in [2.24, 2.45) is 5.92 Å². The number of carbonyl (C=O) groups excluding carboxylic acids is 2. The molecule has 0 bridgehead atoms. The summed E-state index contributed by atoms with van der Waals surface area (Å²) in [5.74, 6) is -1.12. The van der Waals surface area contributed by atoms with Crippen LogP contribution >= 0.6 is 0 Å². The molecule has 2 N–H and O–H groups in total. The lowest BCUT2D eigenvalue weighted by molar-refractivity contribution is -0.0159. The maximum atomic E-state index is 12.4. The largest absolute Gasteiger partial charge is 0.390 e. The summed E-state index contributed by atoms with van der Waals surface area (Å²) in [6.45, 7) is 0.276. The number of benzene rings is 1. The molecule has 1 aromatic rings. The predicted molar refractivity (Wildman–Crippen MR) is 72.7 cm³/mol. The zero-order valence-electron chi connectivity index (χ0n) is 11.6. The van der Waals surface area contributed by atoms with E-state index >= 15 is 0 Å².